The summed E-state index contributed by atoms with van der Waals surface area (Å²) in [5.74, 6) is 0.991. The molecule has 0 spiro atoms. The lowest BCUT2D eigenvalue weighted by Gasteiger charge is -2.31. The largest absolute Gasteiger partial charge is 0.483 e. The monoisotopic (exact) mass is 256 g/mol. The van der Waals surface area contributed by atoms with Gasteiger partial charge in [0.25, 0.3) is 0 Å². The molecule has 1 aromatic carbocycles. The van der Waals surface area contributed by atoms with E-state index in [1.165, 1.54) is 16.7 Å². The topological polar surface area (TPSA) is 33.3 Å². The van der Waals surface area contributed by atoms with E-state index in [2.05, 4.69) is 48.8 Å². The van der Waals surface area contributed by atoms with Gasteiger partial charge in [-0.3, -0.25) is 5.32 Å². The lowest BCUT2D eigenvalue weighted by atomic mass is 9.88. The van der Waals surface area contributed by atoms with E-state index < -0.39 is 0 Å². The Morgan fingerprint density at radius 1 is 1.21 bits per heavy atom. The lowest BCUT2D eigenvalue weighted by molar-refractivity contribution is 0.221. The predicted octanol–water partition coefficient (Wildman–Crippen LogP) is 2.31. The van der Waals surface area contributed by atoms with Gasteiger partial charge in [-0.2, -0.15) is 0 Å². The highest BCUT2D eigenvalue weighted by atomic mass is 16.5. The number of fused-ring (bicyclic) bond motifs is 3. The minimum atomic E-state index is 0.0817. The van der Waals surface area contributed by atoms with Crippen LogP contribution in [0.4, 0.5) is 0 Å². The first-order valence-corrected chi connectivity index (χ1v) is 6.78. The smallest absolute Gasteiger partial charge is 0.144 e. The Hall–Kier alpha value is -1.58. The van der Waals surface area contributed by atoms with Crippen molar-refractivity contribution in [3.05, 3.63) is 47.6 Å². The van der Waals surface area contributed by atoms with Crippen LogP contribution in [0.3, 0.4) is 0 Å². The molecule has 0 radical (unpaired) electrons. The van der Waals surface area contributed by atoms with Crippen LogP contribution in [0, 0.1) is 0 Å². The van der Waals surface area contributed by atoms with Gasteiger partial charge in [-0.25, -0.2) is 0 Å². The van der Waals surface area contributed by atoms with Crippen LogP contribution in [0.15, 0.2) is 42.0 Å². The Balaban J connectivity index is 1.93. The van der Waals surface area contributed by atoms with Gasteiger partial charge in [0.1, 0.15) is 11.9 Å². The zero-order chi connectivity index (χ0) is 13.4. The summed E-state index contributed by atoms with van der Waals surface area (Å²) in [6, 6.07) is 8.48. The molecule has 19 heavy (non-hydrogen) atoms. The maximum atomic E-state index is 6.14. The average molecular weight is 256 g/mol. The molecule has 0 fully saturated rings. The summed E-state index contributed by atoms with van der Waals surface area (Å²) in [6.07, 6.45) is 4.71. The third-order valence-electron chi connectivity index (χ3n) is 3.94. The first kappa shape index (κ1) is 12.5. The maximum absolute atomic E-state index is 6.14. The van der Waals surface area contributed by atoms with Crippen LogP contribution in [0.5, 0.6) is 5.75 Å². The van der Waals surface area contributed by atoms with Crippen LogP contribution < -0.4 is 15.4 Å². The summed E-state index contributed by atoms with van der Waals surface area (Å²) in [5.41, 5.74) is 3.81. The van der Waals surface area contributed by atoms with Crippen LogP contribution in [-0.2, 0) is 0 Å². The zero-order valence-electron chi connectivity index (χ0n) is 11.6. The van der Waals surface area contributed by atoms with Gasteiger partial charge in [0.05, 0.1) is 12.2 Å². The van der Waals surface area contributed by atoms with Crippen molar-refractivity contribution in [2.24, 2.45) is 0 Å². The molecular formula is C16H20N2O. The number of allylic oxidation sites excluding steroid dienone is 2. The summed E-state index contributed by atoms with van der Waals surface area (Å²) in [5, 5.41) is 6.80. The summed E-state index contributed by atoms with van der Waals surface area (Å²) >= 11 is 0. The molecular weight excluding hydrogens is 236 g/mol. The molecule has 2 N–H and O–H groups in total. The second-order valence-electron chi connectivity index (χ2n) is 5.22. The second-order valence-corrected chi connectivity index (χ2v) is 5.22. The van der Waals surface area contributed by atoms with Crippen molar-refractivity contribution in [2.75, 3.05) is 7.05 Å². The van der Waals surface area contributed by atoms with Crippen molar-refractivity contribution in [1.82, 2.24) is 10.6 Å². The van der Waals surface area contributed by atoms with Crippen molar-refractivity contribution in [1.29, 1.82) is 0 Å². The molecule has 0 amide bonds. The summed E-state index contributed by atoms with van der Waals surface area (Å²) in [7, 11) is 1.96. The van der Waals surface area contributed by atoms with Crippen molar-refractivity contribution in [2.45, 2.75) is 32.2 Å². The van der Waals surface area contributed by atoms with Crippen LogP contribution in [0.25, 0.3) is 5.57 Å². The molecule has 0 saturated carbocycles. The number of para-hydroxylation sites is 1. The first-order valence-electron chi connectivity index (χ1n) is 6.78. The van der Waals surface area contributed by atoms with Gasteiger partial charge >= 0.3 is 0 Å². The number of rotatable bonds is 3. The Bertz CT molecular complexity index is 547. The molecule has 3 atom stereocenters. The van der Waals surface area contributed by atoms with Crippen molar-refractivity contribution < 1.29 is 4.74 Å². The third-order valence-corrected chi connectivity index (χ3v) is 3.94. The van der Waals surface area contributed by atoms with E-state index in [1.54, 1.807) is 0 Å². The van der Waals surface area contributed by atoms with Crippen molar-refractivity contribution in [3.63, 3.8) is 0 Å². The minimum Gasteiger partial charge on any atom is -0.483 e. The predicted molar refractivity (Wildman–Crippen MR) is 78.0 cm³/mol. The fourth-order valence-electron chi connectivity index (χ4n) is 2.73. The van der Waals surface area contributed by atoms with E-state index in [4.69, 9.17) is 4.74 Å². The highest BCUT2D eigenvalue weighted by molar-refractivity contribution is 5.80. The number of hydrogen-bond donors (Lipinski definition) is 2. The molecule has 0 aromatic heterocycles. The Morgan fingerprint density at radius 2 is 2.00 bits per heavy atom. The highest BCUT2D eigenvalue weighted by Crippen LogP contribution is 2.41. The third kappa shape index (κ3) is 2.09. The molecule has 1 aromatic rings. The van der Waals surface area contributed by atoms with E-state index in [0.717, 1.165) is 5.75 Å². The van der Waals surface area contributed by atoms with Gasteiger partial charge in [0.15, 0.2) is 0 Å². The molecule has 3 rings (SSSR count). The van der Waals surface area contributed by atoms with Gasteiger partial charge in [-0.1, -0.05) is 35.9 Å². The van der Waals surface area contributed by atoms with E-state index in [9.17, 15) is 0 Å². The van der Waals surface area contributed by atoms with Crippen LogP contribution in [-0.4, -0.2) is 25.4 Å². The number of ether oxygens (including phenoxy) is 1. The molecule has 2 aliphatic rings. The van der Waals surface area contributed by atoms with Gasteiger partial charge in [-0.05, 0) is 27.0 Å². The fourth-order valence-corrected chi connectivity index (χ4v) is 2.73. The van der Waals surface area contributed by atoms with E-state index >= 15 is 0 Å². The van der Waals surface area contributed by atoms with Crippen LogP contribution in [0.2, 0.25) is 0 Å². The average Bonchev–Trinajstić information content (AvgIpc) is 2.80. The first-order chi connectivity index (χ1) is 9.20. The van der Waals surface area contributed by atoms with Gasteiger partial charge < -0.3 is 10.1 Å². The SMILES string of the molecule is CNC(C)NC1C(C)=CC=C2c3ccccc3OC21. The fraction of sp³-hybridized carbons (Fsp3) is 0.375. The Kier molecular flexibility index (Phi) is 3.17. The standard InChI is InChI=1S/C16H20N2O/c1-10-8-9-13-12-6-4-5-7-14(12)19-16(13)15(10)18-11(2)17-3/h4-9,11,15-18H,1-3H3. The zero-order valence-corrected chi connectivity index (χ0v) is 11.6. The molecule has 1 aliphatic carbocycles. The summed E-state index contributed by atoms with van der Waals surface area (Å²) < 4.78 is 6.14. The number of hydrogen-bond acceptors (Lipinski definition) is 3. The van der Waals surface area contributed by atoms with Gasteiger partial charge in [-0.15, -0.1) is 0 Å². The molecule has 0 saturated heterocycles. The van der Waals surface area contributed by atoms with Gasteiger partial charge in [0, 0.05) is 11.1 Å². The quantitative estimate of drug-likeness (QED) is 0.814. The molecule has 3 unspecified atom stereocenters. The Labute approximate surface area is 114 Å². The van der Waals surface area contributed by atoms with E-state index in [-0.39, 0.29) is 18.3 Å². The lowest BCUT2D eigenvalue weighted by Crippen LogP contribution is -2.51. The van der Waals surface area contributed by atoms with Gasteiger partial charge in [0.2, 0.25) is 0 Å². The summed E-state index contributed by atoms with van der Waals surface area (Å²) in [4.78, 5) is 0. The molecule has 3 nitrogen and oxygen atoms in total. The molecule has 1 heterocycles. The van der Waals surface area contributed by atoms with E-state index in [1.807, 2.05) is 19.2 Å². The number of benzene rings is 1. The van der Waals surface area contributed by atoms with Crippen LogP contribution >= 0.6 is 0 Å². The molecule has 1 aliphatic heterocycles. The van der Waals surface area contributed by atoms with Crippen LogP contribution in [0.1, 0.15) is 19.4 Å². The number of nitrogens with one attached hydrogen (secondary N) is 2. The molecule has 0 bridgehead atoms. The Morgan fingerprint density at radius 3 is 2.79 bits per heavy atom. The minimum absolute atomic E-state index is 0.0817. The summed E-state index contributed by atoms with van der Waals surface area (Å²) in [6.45, 7) is 4.27. The second kappa shape index (κ2) is 4.83. The molecule has 3 heteroatoms. The van der Waals surface area contributed by atoms with Crippen molar-refractivity contribution in [3.8, 4) is 5.75 Å². The van der Waals surface area contributed by atoms with Crippen molar-refractivity contribution >= 4 is 5.57 Å². The highest BCUT2D eigenvalue weighted by Gasteiger charge is 2.37. The normalized spacial score (nSPS) is 25.8. The maximum Gasteiger partial charge on any atom is 0.144 e. The van der Waals surface area contributed by atoms with E-state index in [0.29, 0.717) is 0 Å². The molecule has 100 valence electrons.